The number of nitrogens with zero attached hydrogens (tertiary/aromatic N) is 5. The first-order valence-electron chi connectivity index (χ1n) is 16.0. The number of aryl methyl sites for hydroxylation is 1. The minimum atomic E-state index is -0.360. The van der Waals surface area contributed by atoms with Crippen molar-refractivity contribution >= 4 is 34.3 Å². The number of methoxy groups -OCH3 is 1. The first-order chi connectivity index (χ1) is 21.9. The number of rotatable bonds is 9. The molecule has 1 amide bonds. The number of hydrogen-bond acceptors (Lipinski definition) is 7. The third-order valence-electron chi connectivity index (χ3n) is 9.56. The quantitative estimate of drug-likeness (QED) is 0.232. The number of aromatic nitrogens is 2. The normalized spacial score (nSPS) is 18.6. The molecule has 9 heteroatoms. The summed E-state index contributed by atoms with van der Waals surface area (Å²) in [7, 11) is 3.47. The zero-order valence-electron chi connectivity index (χ0n) is 26.4. The van der Waals surface area contributed by atoms with Gasteiger partial charge in [-0.3, -0.25) is 9.69 Å². The van der Waals surface area contributed by atoms with Gasteiger partial charge in [0.2, 0.25) is 0 Å². The van der Waals surface area contributed by atoms with Crippen LogP contribution in [-0.2, 0) is 22.6 Å². The number of benzene rings is 3. The predicted molar refractivity (Wildman–Crippen MR) is 174 cm³/mol. The van der Waals surface area contributed by atoms with Crippen LogP contribution in [0.1, 0.15) is 62.8 Å². The van der Waals surface area contributed by atoms with E-state index in [4.69, 9.17) is 14.5 Å². The summed E-state index contributed by atoms with van der Waals surface area (Å²) >= 11 is 0. The Morgan fingerprint density at radius 3 is 2.47 bits per heavy atom. The van der Waals surface area contributed by atoms with Gasteiger partial charge in [-0.1, -0.05) is 18.2 Å². The Hall–Kier alpha value is -4.21. The van der Waals surface area contributed by atoms with E-state index in [1.807, 2.05) is 35.2 Å². The molecule has 9 nitrogen and oxygen atoms in total. The van der Waals surface area contributed by atoms with E-state index >= 15 is 0 Å². The summed E-state index contributed by atoms with van der Waals surface area (Å²) in [6.45, 7) is 7.13. The molecule has 45 heavy (non-hydrogen) atoms. The Morgan fingerprint density at radius 1 is 0.978 bits per heavy atom. The van der Waals surface area contributed by atoms with E-state index in [-0.39, 0.29) is 18.0 Å². The summed E-state index contributed by atoms with van der Waals surface area (Å²) in [5.74, 6) is 1.38. The molecule has 3 heterocycles. The number of carbonyl (C=O) groups is 2. The van der Waals surface area contributed by atoms with Crippen LogP contribution in [0.3, 0.4) is 0 Å². The number of esters is 1. The largest absolute Gasteiger partial charge is 0.465 e. The van der Waals surface area contributed by atoms with Crippen molar-refractivity contribution in [1.29, 1.82) is 0 Å². The highest BCUT2D eigenvalue weighted by Crippen LogP contribution is 2.41. The predicted octanol–water partition coefficient (Wildman–Crippen LogP) is 5.52. The lowest BCUT2D eigenvalue weighted by molar-refractivity contribution is -0.0592. The van der Waals surface area contributed by atoms with Crippen molar-refractivity contribution in [3.63, 3.8) is 0 Å². The molecule has 2 aliphatic heterocycles. The molecule has 1 atom stereocenters. The van der Waals surface area contributed by atoms with Crippen LogP contribution in [0.4, 0.5) is 11.4 Å². The molecule has 0 spiro atoms. The van der Waals surface area contributed by atoms with Gasteiger partial charge in [0.25, 0.3) is 5.91 Å². The minimum absolute atomic E-state index is 0.0652. The zero-order valence-corrected chi connectivity index (χ0v) is 26.4. The molecule has 3 aromatic carbocycles. The van der Waals surface area contributed by atoms with E-state index in [0.717, 1.165) is 60.3 Å². The van der Waals surface area contributed by atoms with E-state index in [1.54, 1.807) is 6.07 Å². The first-order valence-corrected chi connectivity index (χ1v) is 16.0. The summed E-state index contributed by atoms with van der Waals surface area (Å²) in [6.07, 6.45) is 3.76. The Labute approximate surface area is 264 Å². The number of carbonyl (C=O) groups excluding carboxylic acids is 2. The molecule has 1 saturated carbocycles. The maximum atomic E-state index is 13.6. The van der Waals surface area contributed by atoms with Crippen LogP contribution in [-0.4, -0.2) is 84.3 Å². The van der Waals surface area contributed by atoms with Gasteiger partial charge < -0.3 is 23.8 Å². The average Bonchev–Trinajstić information content (AvgIpc) is 3.84. The molecule has 1 unspecified atom stereocenters. The molecule has 3 fully saturated rings. The molecule has 2 saturated heterocycles. The molecule has 1 aromatic heterocycles. The standard InChI is InChI=1S/C36H41N5O4/c1-24-19-26(25-7-8-25)10-12-32(24)38(2)29-6-4-5-27(20-29)35(42)40-16-14-39(15-17-40)23-34-37-31-11-9-28(36(43)44-3)21-33(31)41(34)22-30-13-18-45-30/h4-6,9-12,19-21,25,30H,7-8,13-18,22-23H2,1-3H3. The van der Waals surface area contributed by atoms with Crippen LogP contribution in [0.5, 0.6) is 0 Å². The third-order valence-corrected chi connectivity index (χ3v) is 9.56. The van der Waals surface area contributed by atoms with Crippen molar-refractivity contribution in [1.82, 2.24) is 19.4 Å². The summed E-state index contributed by atoms with van der Waals surface area (Å²) < 4.78 is 12.9. The van der Waals surface area contributed by atoms with E-state index in [9.17, 15) is 9.59 Å². The Balaban J connectivity index is 1.02. The Bertz CT molecular complexity index is 1730. The minimum Gasteiger partial charge on any atom is -0.465 e. The van der Waals surface area contributed by atoms with E-state index in [1.165, 1.54) is 31.1 Å². The van der Waals surface area contributed by atoms with E-state index in [0.29, 0.717) is 37.3 Å². The average molecular weight is 608 g/mol. The van der Waals surface area contributed by atoms with Gasteiger partial charge in [0, 0.05) is 56.8 Å². The number of hydrogen-bond donors (Lipinski definition) is 0. The maximum Gasteiger partial charge on any atom is 0.337 e. The molecule has 234 valence electrons. The van der Waals surface area contributed by atoms with E-state index < -0.39 is 0 Å². The van der Waals surface area contributed by atoms with Crippen molar-refractivity contribution in [2.75, 3.05) is 51.8 Å². The van der Waals surface area contributed by atoms with Crippen LogP contribution >= 0.6 is 0 Å². The van der Waals surface area contributed by atoms with Gasteiger partial charge in [0.1, 0.15) is 5.82 Å². The fraction of sp³-hybridized carbons (Fsp3) is 0.417. The number of amides is 1. The van der Waals surface area contributed by atoms with Crippen molar-refractivity contribution < 1.29 is 19.1 Å². The van der Waals surface area contributed by atoms with Crippen LogP contribution in [0.2, 0.25) is 0 Å². The highest BCUT2D eigenvalue weighted by Gasteiger charge is 2.27. The lowest BCUT2D eigenvalue weighted by atomic mass is 10.0. The lowest BCUT2D eigenvalue weighted by Crippen LogP contribution is -2.48. The van der Waals surface area contributed by atoms with Crippen molar-refractivity contribution in [2.24, 2.45) is 0 Å². The van der Waals surface area contributed by atoms with Crippen LogP contribution in [0.15, 0.2) is 60.7 Å². The second kappa shape index (κ2) is 12.3. The molecule has 1 aliphatic carbocycles. The monoisotopic (exact) mass is 607 g/mol. The highest BCUT2D eigenvalue weighted by atomic mass is 16.5. The van der Waals surface area contributed by atoms with Gasteiger partial charge in [-0.05, 0) is 85.7 Å². The SMILES string of the molecule is COC(=O)c1ccc2nc(CN3CCN(C(=O)c4cccc(N(C)c5ccc(C6CC6)cc5C)c4)CC3)n(CC3CCO3)c2c1. The molecular weight excluding hydrogens is 566 g/mol. The van der Waals surface area contributed by atoms with Crippen LogP contribution in [0, 0.1) is 6.92 Å². The van der Waals surface area contributed by atoms with E-state index in [2.05, 4.69) is 52.6 Å². The number of fused-ring (bicyclic) bond motifs is 1. The third kappa shape index (κ3) is 6.07. The highest BCUT2D eigenvalue weighted by molar-refractivity contribution is 5.95. The molecule has 4 aromatic rings. The van der Waals surface area contributed by atoms with Gasteiger partial charge >= 0.3 is 5.97 Å². The molecule has 3 aliphatic rings. The maximum absolute atomic E-state index is 13.6. The van der Waals surface area contributed by atoms with Gasteiger partial charge in [-0.15, -0.1) is 0 Å². The van der Waals surface area contributed by atoms with Gasteiger partial charge in [0.15, 0.2) is 0 Å². The fourth-order valence-electron chi connectivity index (χ4n) is 6.58. The summed E-state index contributed by atoms with van der Waals surface area (Å²) in [6, 6.07) is 20.3. The zero-order chi connectivity index (χ0) is 31.1. The number of ether oxygens (including phenoxy) is 2. The number of piperazine rings is 1. The molecule has 0 N–H and O–H groups in total. The number of anilines is 2. The summed E-state index contributed by atoms with van der Waals surface area (Å²) in [5.41, 5.74) is 7.85. The molecule has 7 rings (SSSR count). The molecule has 0 bridgehead atoms. The van der Waals surface area contributed by atoms with Gasteiger partial charge in [-0.2, -0.15) is 0 Å². The Kier molecular flexibility index (Phi) is 8.06. The van der Waals surface area contributed by atoms with Crippen molar-refractivity contribution in [3.05, 3.63) is 88.7 Å². The van der Waals surface area contributed by atoms with Crippen LogP contribution in [0.25, 0.3) is 11.0 Å². The summed E-state index contributed by atoms with van der Waals surface area (Å²) in [5, 5.41) is 0. The topological polar surface area (TPSA) is 80.1 Å². The molecule has 0 radical (unpaired) electrons. The Morgan fingerprint density at radius 2 is 1.78 bits per heavy atom. The number of imidazole rings is 1. The second-order valence-electron chi connectivity index (χ2n) is 12.6. The first kappa shape index (κ1) is 29.5. The van der Waals surface area contributed by atoms with Gasteiger partial charge in [0.05, 0.1) is 42.9 Å². The van der Waals surface area contributed by atoms with Crippen molar-refractivity contribution in [2.45, 2.75) is 51.3 Å². The van der Waals surface area contributed by atoms with Gasteiger partial charge in [-0.25, -0.2) is 9.78 Å². The van der Waals surface area contributed by atoms with Crippen LogP contribution < -0.4 is 4.90 Å². The van der Waals surface area contributed by atoms with Crippen molar-refractivity contribution in [3.8, 4) is 0 Å². The summed E-state index contributed by atoms with van der Waals surface area (Å²) in [4.78, 5) is 37.3. The lowest BCUT2D eigenvalue weighted by Gasteiger charge is -2.35. The smallest absolute Gasteiger partial charge is 0.337 e. The molecular formula is C36H41N5O4. The second-order valence-corrected chi connectivity index (χ2v) is 12.6. The fourth-order valence-corrected chi connectivity index (χ4v) is 6.58.